The van der Waals surface area contributed by atoms with E-state index in [2.05, 4.69) is 24.0 Å². The van der Waals surface area contributed by atoms with Gasteiger partial charge in [0.25, 0.3) is 0 Å². The molecule has 0 bridgehead atoms. The summed E-state index contributed by atoms with van der Waals surface area (Å²) in [6.45, 7) is 5.02. The van der Waals surface area contributed by atoms with Crippen LogP contribution in [0.4, 0.5) is 4.79 Å². The van der Waals surface area contributed by atoms with Gasteiger partial charge in [0.15, 0.2) is 0 Å². The molecule has 4 rings (SSSR count). The van der Waals surface area contributed by atoms with Crippen LogP contribution >= 0.6 is 0 Å². The summed E-state index contributed by atoms with van der Waals surface area (Å²) in [6, 6.07) is 13.9. The zero-order chi connectivity index (χ0) is 18.3. The molecule has 1 aliphatic heterocycles. The number of benzene rings is 2. The van der Waals surface area contributed by atoms with Crippen molar-refractivity contribution in [1.29, 1.82) is 0 Å². The van der Waals surface area contributed by atoms with Crippen molar-refractivity contribution in [2.75, 3.05) is 7.11 Å². The lowest BCUT2D eigenvalue weighted by molar-refractivity contribution is 0.133. The predicted octanol–water partition coefficient (Wildman–Crippen LogP) is 4.37. The Labute approximate surface area is 152 Å². The van der Waals surface area contributed by atoms with E-state index in [4.69, 9.17) is 9.47 Å². The van der Waals surface area contributed by atoms with E-state index >= 15 is 0 Å². The molecule has 0 atom stereocenters. The van der Waals surface area contributed by atoms with E-state index in [0.29, 0.717) is 19.0 Å². The van der Waals surface area contributed by atoms with Gasteiger partial charge in [-0.2, -0.15) is 0 Å². The second-order valence-corrected chi connectivity index (χ2v) is 6.62. The predicted molar refractivity (Wildman–Crippen MR) is 99.5 cm³/mol. The molecule has 0 unspecified atom stereocenters. The van der Waals surface area contributed by atoms with Gasteiger partial charge in [0, 0.05) is 17.5 Å². The third kappa shape index (κ3) is 2.86. The monoisotopic (exact) mass is 348 g/mol. The number of carbonyl (C=O) groups is 1. The minimum Gasteiger partial charge on any atom is -0.497 e. The molecular formula is C21H20N2O3. The van der Waals surface area contributed by atoms with Gasteiger partial charge < -0.3 is 9.47 Å². The van der Waals surface area contributed by atoms with Crippen molar-refractivity contribution in [1.82, 2.24) is 9.88 Å². The Hall–Kier alpha value is -3.08. The Morgan fingerprint density at radius 2 is 1.96 bits per heavy atom. The van der Waals surface area contributed by atoms with Crippen LogP contribution in [0.15, 0.2) is 42.5 Å². The highest BCUT2D eigenvalue weighted by Crippen LogP contribution is 2.31. The number of carbonyl (C=O) groups excluding carboxylic acids is 1. The van der Waals surface area contributed by atoms with Crippen LogP contribution in [0.3, 0.4) is 0 Å². The molecule has 0 saturated carbocycles. The summed E-state index contributed by atoms with van der Waals surface area (Å²) in [7, 11) is 1.63. The Bertz CT molecular complexity index is 1010. The number of amides is 1. The molecule has 0 spiro atoms. The van der Waals surface area contributed by atoms with Crippen molar-refractivity contribution in [3.05, 3.63) is 64.7 Å². The van der Waals surface area contributed by atoms with E-state index < -0.39 is 0 Å². The Morgan fingerprint density at radius 3 is 2.77 bits per heavy atom. The molecule has 3 aromatic rings. The van der Waals surface area contributed by atoms with Crippen LogP contribution in [0.5, 0.6) is 11.6 Å². The first-order chi connectivity index (χ1) is 12.5. The average molecular weight is 348 g/mol. The van der Waals surface area contributed by atoms with Crippen molar-refractivity contribution in [3.63, 3.8) is 0 Å². The molecule has 5 heteroatoms. The topological polar surface area (TPSA) is 51.7 Å². The number of hydrogen-bond donors (Lipinski definition) is 0. The quantitative estimate of drug-likeness (QED) is 0.705. The fourth-order valence-electron chi connectivity index (χ4n) is 3.29. The molecule has 1 aromatic heterocycles. The van der Waals surface area contributed by atoms with Crippen LogP contribution in [0.25, 0.3) is 10.9 Å². The molecule has 1 amide bonds. The van der Waals surface area contributed by atoms with Crippen molar-refractivity contribution in [2.24, 2.45) is 0 Å². The van der Waals surface area contributed by atoms with Gasteiger partial charge in [-0.25, -0.2) is 9.78 Å². The summed E-state index contributed by atoms with van der Waals surface area (Å²) in [5, 5.41) is 1.10. The largest absolute Gasteiger partial charge is 0.497 e. The number of aromatic nitrogens is 1. The van der Waals surface area contributed by atoms with Crippen molar-refractivity contribution >= 4 is 17.0 Å². The van der Waals surface area contributed by atoms with Gasteiger partial charge in [-0.05, 0) is 48.7 Å². The average Bonchev–Trinajstić information content (AvgIpc) is 2.65. The highest BCUT2D eigenvalue weighted by Gasteiger charge is 2.27. The third-order valence-corrected chi connectivity index (χ3v) is 4.75. The minimum atomic E-state index is -0.377. The Morgan fingerprint density at radius 1 is 1.15 bits per heavy atom. The lowest BCUT2D eigenvalue weighted by atomic mass is 10.0. The molecule has 0 saturated heterocycles. The van der Waals surface area contributed by atoms with Gasteiger partial charge >= 0.3 is 6.09 Å². The van der Waals surface area contributed by atoms with E-state index in [1.54, 1.807) is 12.0 Å². The number of rotatable bonds is 3. The van der Waals surface area contributed by atoms with Crippen LogP contribution < -0.4 is 9.47 Å². The molecule has 0 N–H and O–H groups in total. The number of methoxy groups -OCH3 is 1. The second-order valence-electron chi connectivity index (χ2n) is 6.62. The fourth-order valence-corrected chi connectivity index (χ4v) is 3.29. The second kappa shape index (κ2) is 6.33. The Kier molecular flexibility index (Phi) is 3.99. The molecule has 26 heavy (non-hydrogen) atoms. The van der Waals surface area contributed by atoms with Crippen LogP contribution in [0.1, 0.15) is 22.3 Å². The summed E-state index contributed by atoms with van der Waals surface area (Å²) in [5.74, 6) is 1.19. The van der Waals surface area contributed by atoms with E-state index in [-0.39, 0.29) is 6.09 Å². The Balaban J connectivity index is 1.68. The van der Waals surface area contributed by atoms with Crippen LogP contribution in [-0.2, 0) is 13.1 Å². The van der Waals surface area contributed by atoms with Crippen molar-refractivity contribution in [3.8, 4) is 11.6 Å². The third-order valence-electron chi connectivity index (χ3n) is 4.75. The normalized spacial score (nSPS) is 13.5. The van der Waals surface area contributed by atoms with E-state index in [0.717, 1.165) is 38.9 Å². The SMILES string of the molecule is COc1cccc(CN2Cc3cc4c(C)ccc(C)c4nc3OC2=O)c1. The van der Waals surface area contributed by atoms with E-state index in [1.807, 2.05) is 37.3 Å². The molecule has 2 aromatic carbocycles. The van der Waals surface area contributed by atoms with Gasteiger partial charge in [-0.15, -0.1) is 0 Å². The number of nitrogens with zero attached hydrogens (tertiary/aromatic N) is 2. The van der Waals surface area contributed by atoms with Crippen LogP contribution in [0, 0.1) is 13.8 Å². The number of ether oxygens (including phenoxy) is 2. The van der Waals surface area contributed by atoms with E-state index in [9.17, 15) is 4.79 Å². The lowest BCUT2D eigenvalue weighted by Gasteiger charge is -2.28. The fraction of sp³-hybridized carbons (Fsp3) is 0.238. The summed E-state index contributed by atoms with van der Waals surface area (Å²) < 4.78 is 10.8. The molecule has 2 heterocycles. The van der Waals surface area contributed by atoms with Gasteiger partial charge in [0.1, 0.15) is 5.75 Å². The molecule has 0 radical (unpaired) electrons. The smallest absolute Gasteiger partial charge is 0.417 e. The molecule has 1 aliphatic rings. The first kappa shape index (κ1) is 16.4. The maximum Gasteiger partial charge on any atom is 0.417 e. The first-order valence-corrected chi connectivity index (χ1v) is 8.54. The molecular weight excluding hydrogens is 328 g/mol. The zero-order valence-electron chi connectivity index (χ0n) is 15.1. The molecule has 5 nitrogen and oxygen atoms in total. The van der Waals surface area contributed by atoms with Crippen LogP contribution in [-0.4, -0.2) is 23.1 Å². The van der Waals surface area contributed by atoms with Gasteiger partial charge in [0.05, 0.1) is 19.2 Å². The number of hydrogen-bond acceptors (Lipinski definition) is 4. The lowest BCUT2D eigenvalue weighted by Crippen LogP contribution is -2.36. The standard InChI is InChI=1S/C21H20N2O3/c1-13-7-8-14(2)19-18(13)10-16-12-23(21(24)26-20(16)22-19)11-15-5-4-6-17(9-15)25-3/h4-10H,11-12H2,1-3H3. The highest BCUT2D eigenvalue weighted by atomic mass is 16.6. The summed E-state index contributed by atoms with van der Waals surface area (Å²) in [5.41, 5.74) is 5.04. The summed E-state index contributed by atoms with van der Waals surface area (Å²) >= 11 is 0. The van der Waals surface area contributed by atoms with Gasteiger partial charge in [0.2, 0.25) is 5.88 Å². The zero-order valence-corrected chi connectivity index (χ0v) is 15.1. The van der Waals surface area contributed by atoms with Gasteiger partial charge in [-0.1, -0.05) is 24.3 Å². The minimum absolute atomic E-state index is 0.377. The van der Waals surface area contributed by atoms with Gasteiger partial charge in [-0.3, -0.25) is 4.90 Å². The summed E-state index contributed by atoms with van der Waals surface area (Å²) in [4.78, 5) is 18.7. The first-order valence-electron chi connectivity index (χ1n) is 8.54. The number of pyridine rings is 1. The number of fused-ring (bicyclic) bond motifs is 2. The van der Waals surface area contributed by atoms with Crippen molar-refractivity contribution < 1.29 is 14.3 Å². The van der Waals surface area contributed by atoms with E-state index in [1.165, 1.54) is 0 Å². The molecule has 0 aliphatic carbocycles. The maximum atomic E-state index is 12.4. The molecule has 0 fully saturated rings. The van der Waals surface area contributed by atoms with Crippen molar-refractivity contribution in [2.45, 2.75) is 26.9 Å². The summed E-state index contributed by atoms with van der Waals surface area (Å²) in [6.07, 6.45) is -0.377. The molecule has 132 valence electrons. The van der Waals surface area contributed by atoms with Crippen LogP contribution in [0.2, 0.25) is 0 Å². The highest BCUT2D eigenvalue weighted by molar-refractivity contribution is 5.87. The number of aryl methyl sites for hydroxylation is 2. The maximum absolute atomic E-state index is 12.4.